The molecule has 50 heavy (non-hydrogen) atoms. The molecule has 0 aliphatic rings. The second kappa shape index (κ2) is 12.7. The van der Waals surface area contributed by atoms with Crippen molar-refractivity contribution < 1.29 is 4.42 Å². The van der Waals surface area contributed by atoms with Gasteiger partial charge in [-0.25, -0.2) is 4.98 Å². The van der Waals surface area contributed by atoms with Gasteiger partial charge in [0.1, 0.15) is 5.52 Å². The molecular weight excluding hydrogens is 609 g/mol. The van der Waals surface area contributed by atoms with E-state index < -0.39 is 0 Å². The zero-order valence-corrected chi connectivity index (χ0v) is 27.3. The molecule has 9 aromatic rings. The maximum absolute atomic E-state index is 6.47. The van der Waals surface area contributed by atoms with Gasteiger partial charge in [-0.2, -0.15) is 0 Å². The normalized spacial score (nSPS) is 11.2. The van der Waals surface area contributed by atoms with Crippen LogP contribution in [-0.4, -0.2) is 4.98 Å². The van der Waals surface area contributed by atoms with E-state index in [9.17, 15) is 0 Å². The Kier molecular flexibility index (Phi) is 7.49. The maximum atomic E-state index is 6.47. The summed E-state index contributed by atoms with van der Waals surface area (Å²) >= 11 is 0. The number of oxazole rings is 1. The first-order valence-corrected chi connectivity index (χ1v) is 16.9. The van der Waals surface area contributed by atoms with E-state index in [-0.39, 0.29) is 0 Å². The van der Waals surface area contributed by atoms with Gasteiger partial charge in [0.15, 0.2) is 5.58 Å². The van der Waals surface area contributed by atoms with E-state index in [1.807, 2.05) is 36.4 Å². The fourth-order valence-electron chi connectivity index (χ4n) is 6.80. The number of rotatable bonds is 7. The second-order valence-corrected chi connectivity index (χ2v) is 12.4. The Labute approximate surface area is 291 Å². The van der Waals surface area contributed by atoms with Crippen LogP contribution in [0.5, 0.6) is 0 Å². The first-order chi connectivity index (χ1) is 24.8. The van der Waals surface area contributed by atoms with Crippen molar-refractivity contribution in [3.05, 3.63) is 194 Å². The van der Waals surface area contributed by atoms with Crippen molar-refractivity contribution in [2.75, 3.05) is 4.90 Å². The molecule has 0 bridgehead atoms. The van der Waals surface area contributed by atoms with Crippen LogP contribution in [0.1, 0.15) is 0 Å². The van der Waals surface area contributed by atoms with Crippen LogP contribution in [0.25, 0.3) is 66.7 Å². The van der Waals surface area contributed by atoms with Crippen LogP contribution in [0.2, 0.25) is 0 Å². The van der Waals surface area contributed by atoms with Gasteiger partial charge < -0.3 is 9.32 Å². The average Bonchev–Trinajstić information content (AvgIpc) is 3.65. The molecule has 0 aliphatic carbocycles. The largest absolute Gasteiger partial charge is 0.435 e. The molecule has 8 aromatic carbocycles. The van der Waals surface area contributed by atoms with Crippen molar-refractivity contribution in [3.8, 4) is 44.8 Å². The summed E-state index contributed by atoms with van der Waals surface area (Å²) < 4.78 is 6.47. The van der Waals surface area contributed by atoms with E-state index in [2.05, 4.69) is 163 Å². The predicted octanol–water partition coefficient (Wildman–Crippen LogP) is 13.1. The number of hydrogen-bond acceptors (Lipinski definition) is 3. The van der Waals surface area contributed by atoms with Gasteiger partial charge in [0.2, 0.25) is 5.89 Å². The molecule has 0 unspecified atom stereocenters. The summed E-state index contributed by atoms with van der Waals surface area (Å²) in [6, 6.07) is 68.2. The Hall–Kier alpha value is -6.71. The summed E-state index contributed by atoms with van der Waals surface area (Å²) in [4.78, 5) is 7.17. The van der Waals surface area contributed by atoms with Gasteiger partial charge in [0, 0.05) is 28.0 Å². The molecule has 0 fully saturated rings. The van der Waals surface area contributed by atoms with Crippen molar-refractivity contribution in [1.29, 1.82) is 0 Å². The Balaban J connectivity index is 1.12. The minimum atomic E-state index is 0.630. The molecule has 9 rings (SSSR count). The number of benzene rings is 8. The molecule has 3 heteroatoms. The van der Waals surface area contributed by atoms with E-state index in [0.29, 0.717) is 5.89 Å². The molecule has 0 amide bonds. The Bertz CT molecular complexity index is 2460. The number of anilines is 3. The molecule has 236 valence electrons. The van der Waals surface area contributed by atoms with Crippen LogP contribution >= 0.6 is 0 Å². The van der Waals surface area contributed by atoms with Crippen molar-refractivity contribution >= 4 is 38.9 Å². The van der Waals surface area contributed by atoms with E-state index in [1.54, 1.807) is 0 Å². The molecule has 0 spiro atoms. The topological polar surface area (TPSA) is 29.3 Å². The molecule has 0 radical (unpaired) electrons. The second-order valence-electron chi connectivity index (χ2n) is 12.4. The van der Waals surface area contributed by atoms with E-state index in [4.69, 9.17) is 9.40 Å². The third kappa shape index (κ3) is 5.51. The highest BCUT2D eigenvalue weighted by Gasteiger charge is 2.17. The van der Waals surface area contributed by atoms with Crippen LogP contribution in [0.15, 0.2) is 199 Å². The molecule has 0 aliphatic heterocycles. The standard InChI is InChI=1S/C47H32N2O/c1-4-11-33(12-5-1)35-19-26-40(27-20-35)49(41-28-21-36(22-29-41)34-13-6-2-7-14-34)42-30-23-37(24-31-42)43-18-10-17-38-25-32-44-46(45(38)43)50-47(48-44)39-15-8-3-9-16-39/h1-32H. The number of fused-ring (bicyclic) bond motifs is 3. The summed E-state index contributed by atoms with van der Waals surface area (Å²) in [5, 5.41) is 2.19. The molecule has 3 nitrogen and oxygen atoms in total. The molecule has 0 saturated heterocycles. The smallest absolute Gasteiger partial charge is 0.227 e. The zero-order chi connectivity index (χ0) is 33.3. The minimum absolute atomic E-state index is 0.630. The average molecular weight is 641 g/mol. The van der Waals surface area contributed by atoms with Crippen molar-refractivity contribution in [2.24, 2.45) is 0 Å². The summed E-state index contributed by atoms with van der Waals surface area (Å²) in [7, 11) is 0. The highest BCUT2D eigenvalue weighted by Crippen LogP contribution is 2.40. The molecule has 1 heterocycles. The lowest BCUT2D eigenvalue weighted by atomic mass is 9.97. The lowest BCUT2D eigenvalue weighted by Crippen LogP contribution is -2.09. The fourth-order valence-corrected chi connectivity index (χ4v) is 6.80. The summed E-state index contributed by atoms with van der Waals surface area (Å²) in [6.45, 7) is 0. The molecule has 1 aromatic heterocycles. The van der Waals surface area contributed by atoms with E-state index in [1.165, 1.54) is 22.3 Å². The van der Waals surface area contributed by atoms with Gasteiger partial charge in [0.25, 0.3) is 0 Å². The van der Waals surface area contributed by atoms with Crippen LogP contribution in [0.4, 0.5) is 17.1 Å². The van der Waals surface area contributed by atoms with Gasteiger partial charge in [-0.15, -0.1) is 0 Å². The highest BCUT2D eigenvalue weighted by atomic mass is 16.3. The Morgan fingerprint density at radius 1 is 0.360 bits per heavy atom. The van der Waals surface area contributed by atoms with Gasteiger partial charge in [0.05, 0.1) is 0 Å². The van der Waals surface area contributed by atoms with Crippen LogP contribution in [0.3, 0.4) is 0 Å². The quantitative estimate of drug-likeness (QED) is 0.174. The molecular formula is C47H32N2O. The molecule has 0 N–H and O–H groups in total. The number of hydrogen-bond donors (Lipinski definition) is 0. The van der Waals surface area contributed by atoms with Crippen molar-refractivity contribution in [1.82, 2.24) is 4.98 Å². The van der Waals surface area contributed by atoms with Gasteiger partial charge in [-0.1, -0.05) is 140 Å². The van der Waals surface area contributed by atoms with Crippen molar-refractivity contribution in [2.45, 2.75) is 0 Å². The summed E-state index contributed by atoms with van der Waals surface area (Å²) in [5.41, 5.74) is 12.9. The monoisotopic (exact) mass is 640 g/mol. The molecule has 0 saturated carbocycles. The Morgan fingerprint density at radius 2 is 0.820 bits per heavy atom. The van der Waals surface area contributed by atoms with Crippen LogP contribution < -0.4 is 4.90 Å². The number of nitrogens with zero attached hydrogens (tertiary/aromatic N) is 2. The Morgan fingerprint density at radius 3 is 1.34 bits per heavy atom. The maximum Gasteiger partial charge on any atom is 0.227 e. The third-order valence-corrected chi connectivity index (χ3v) is 9.32. The lowest BCUT2D eigenvalue weighted by molar-refractivity contribution is 0.623. The highest BCUT2D eigenvalue weighted by molar-refractivity contribution is 6.11. The summed E-state index contributed by atoms with van der Waals surface area (Å²) in [6.07, 6.45) is 0. The van der Waals surface area contributed by atoms with Crippen LogP contribution in [0, 0.1) is 0 Å². The van der Waals surface area contributed by atoms with Gasteiger partial charge >= 0.3 is 0 Å². The SMILES string of the molecule is c1ccc(-c2ccc(N(c3ccc(-c4ccccc4)cc3)c3ccc(-c4cccc5ccc6nc(-c7ccccc7)oc6c45)cc3)cc2)cc1. The van der Waals surface area contributed by atoms with E-state index in [0.717, 1.165) is 55.6 Å². The first-order valence-electron chi connectivity index (χ1n) is 16.9. The third-order valence-electron chi connectivity index (χ3n) is 9.32. The van der Waals surface area contributed by atoms with E-state index >= 15 is 0 Å². The number of aromatic nitrogens is 1. The van der Waals surface area contributed by atoms with Crippen molar-refractivity contribution in [3.63, 3.8) is 0 Å². The van der Waals surface area contributed by atoms with Gasteiger partial charge in [-0.3, -0.25) is 0 Å². The van der Waals surface area contributed by atoms with Gasteiger partial charge in [-0.05, 0) is 93.4 Å². The lowest BCUT2D eigenvalue weighted by Gasteiger charge is -2.26. The minimum Gasteiger partial charge on any atom is -0.435 e. The molecule has 0 atom stereocenters. The van der Waals surface area contributed by atoms with Crippen LogP contribution in [-0.2, 0) is 0 Å². The fraction of sp³-hybridized carbons (Fsp3) is 0. The summed E-state index contributed by atoms with van der Waals surface area (Å²) in [5.74, 6) is 0.630. The first kappa shape index (κ1) is 29.4. The zero-order valence-electron chi connectivity index (χ0n) is 27.3. The predicted molar refractivity (Wildman–Crippen MR) is 208 cm³/mol.